The van der Waals surface area contributed by atoms with E-state index < -0.39 is 117 Å². The third-order valence-corrected chi connectivity index (χ3v) is 24.1. The summed E-state index contributed by atoms with van der Waals surface area (Å²) in [6.07, 6.45) is 0. The number of nitrogen functional groups attached to an aromatic ring is 10. The first-order chi connectivity index (χ1) is 59.5. The highest BCUT2D eigenvalue weighted by Crippen LogP contribution is 2.43. The highest BCUT2D eigenvalue weighted by molar-refractivity contribution is 7.37. The summed E-state index contributed by atoms with van der Waals surface area (Å²) < 4.78 is 0. The maximum atomic E-state index is 10.5. The Balaban J connectivity index is -0.000000462. The smallest absolute Gasteiger partial charge is 0.356 e. The maximum Gasteiger partial charge on any atom is 0.356 e. The molecule has 0 spiro atoms. The van der Waals surface area contributed by atoms with Crippen molar-refractivity contribution in [2.75, 3.05) is 57.3 Å². The van der Waals surface area contributed by atoms with Crippen LogP contribution >= 0.6 is 348 Å². The minimum atomic E-state index is -1.31. The lowest BCUT2D eigenvalue weighted by Gasteiger charge is -2.04. The van der Waals surface area contributed by atoms with Crippen molar-refractivity contribution in [1.82, 2.24) is 49.8 Å². The summed E-state index contributed by atoms with van der Waals surface area (Å²) in [5.41, 5.74) is 48.8. The van der Waals surface area contributed by atoms with Crippen LogP contribution in [0.5, 0.6) is 0 Å². The molecule has 10 rings (SSSR count). The summed E-state index contributed by atoms with van der Waals surface area (Å²) in [5, 5.41) is 81.7. The number of carbonyl (C=O) groups is 10. The first-order valence-corrected chi connectivity index (χ1v) is 41.1. The molecule has 135 heavy (non-hydrogen) atoms. The van der Waals surface area contributed by atoms with Crippen LogP contribution < -0.4 is 57.3 Å². The van der Waals surface area contributed by atoms with Gasteiger partial charge in [0.05, 0.1) is 107 Å². The number of nitrogens with zero attached hydrogens (tertiary/aromatic N) is 10. The van der Waals surface area contributed by atoms with Gasteiger partial charge in [0.25, 0.3) is 0 Å². The summed E-state index contributed by atoms with van der Waals surface area (Å²) in [7, 11) is 0. The molecule has 0 fully saturated rings. The summed E-state index contributed by atoms with van der Waals surface area (Å²) >= 11 is 166. The fraction of sp³-hybridized carbons (Fsp3) is 0. The number of hydrogen-bond donors (Lipinski definition) is 20. The lowest BCUT2D eigenvalue weighted by atomic mass is 10.3. The molecule has 0 bridgehead atoms. The van der Waals surface area contributed by atoms with Crippen LogP contribution in [-0.2, 0) is 67.5 Å². The van der Waals surface area contributed by atoms with Gasteiger partial charge in [0.1, 0.15) is 50.2 Å². The molecule has 0 aliphatic carbocycles. The highest BCUT2D eigenvalue weighted by atomic mass is 35.5. The van der Waals surface area contributed by atoms with E-state index in [1.165, 1.54) is 0 Å². The number of carboxylic acids is 10. The largest absolute Gasteiger partial charge is 2.00 e. The Hall–Kier alpha value is -5.35. The Morgan fingerprint density at radius 1 is 0.133 bits per heavy atom. The lowest BCUT2D eigenvalue weighted by molar-refractivity contribution is 0.0680. The summed E-state index contributed by atoms with van der Waals surface area (Å²) in [6.45, 7) is 0. The van der Waals surface area contributed by atoms with Gasteiger partial charge < -0.3 is 176 Å². The number of aromatic carboxylic acids is 10. The number of nitrogens with two attached hydrogens (primary N) is 10. The molecule has 10 aromatic rings. The van der Waals surface area contributed by atoms with Crippen molar-refractivity contribution >= 4 is 532 Å². The van der Waals surface area contributed by atoms with Gasteiger partial charge in [-0.25, -0.2) is 97.8 Å². The number of hydrogen-bond acceptors (Lipinski definition) is 30. The Morgan fingerprint density at radius 2 is 0.185 bits per heavy atom. The molecule has 0 aliphatic heterocycles. The fourth-order valence-electron chi connectivity index (χ4n) is 6.73. The molecule has 0 aliphatic rings. The zero-order valence-corrected chi connectivity index (χ0v) is 88.9. The molecule has 0 radical (unpaired) electrons. The molecule has 0 saturated heterocycles. The van der Waals surface area contributed by atoms with Crippen molar-refractivity contribution in [3.05, 3.63) is 209 Å². The Labute approximate surface area is 936 Å². The highest BCUT2D eigenvalue weighted by Gasteiger charge is 2.28. The van der Waals surface area contributed by atoms with Crippen LogP contribution in [0.4, 0.5) is 56.9 Å². The van der Waals surface area contributed by atoms with Gasteiger partial charge in [0.15, 0.2) is 108 Å². The van der Waals surface area contributed by atoms with Gasteiger partial charge in [0, 0.05) is 0 Å². The Bertz CT molecular complexity index is 5060. The average molecular weight is 2570 g/mol. The summed E-state index contributed by atoms with van der Waals surface area (Å²) in [4.78, 5) is 140. The monoisotopic (exact) mass is 2560 g/mol. The van der Waals surface area contributed by atoms with Crippen LogP contribution in [0.25, 0.3) is 0 Å². The maximum absolute atomic E-state index is 10.5. The van der Waals surface area contributed by atoms with Gasteiger partial charge in [-0.1, -0.05) is 348 Å². The Kier molecular flexibility index (Phi) is 62.9. The number of aromatic nitrogens is 10. The number of anilines is 10. The first-order valence-electron chi connectivity index (χ1n) is 29.8. The van der Waals surface area contributed by atoms with E-state index >= 15 is 0 Å². The number of carboxylic acid groups (broad SMARTS) is 10. The van der Waals surface area contributed by atoms with E-state index in [1.807, 2.05) is 0 Å². The van der Waals surface area contributed by atoms with E-state index in [-0.39, 0.29) is 276 Å². The van der Waals surface area contributed by atoms with Crippen molar-refractivity contribution < 1.29 is 99.0 Å². The molecule has 0 atom stereocenters. The minimum absolute atomic E-state index is 0. The standard InChI is InChI=1S/10C6H3Cl3N2O2.5S/c10*7-1-3(10)2(8)5(9)11-4(1)6(12)13;;;;;/h10*(H2,10,11)(H,12,13);;;;;/q;;;;;;;;;;5*-2. The molecule has 30 N–H and O–H groups in total. The van der Waals surface area contributed by atoms with Crippen LogP contribution in [-0.4, -0.2) is 161 Å². The van der Waals surface area contributed by atoms with E-state index in [9.17, 15) is 47.9 Å². The van der Waals surface area contributed by atoms with Crippen LogP contribution in [0.2, 0.25) is 152 Å². The topological polar surface area (TPSA) is 762 Å². The molecule has 75 heteroatoms. The van der Waals surface area contributed by atoms with Crippen molar-refractivity contribution in [1.29, 1.82) is 0 Å². The predicted octanol–water partition coefficient (Wildman–Crippen LogP) is 23.2. The fourth-order valence-corrected chi connectivity index (χ4v) is 12.6. The van der Waals surface area contributed by atoms with Crippen LogP contribution in [0.15, 0.2) is 0 Å². The van der Waals surface area contributed by atoms with Crippen LogP contribution in [0, 0.1) is 0 Å². The van der Waals surface area contributed by atoms with Crippen LogP contribution in [0.3, 0.4) is 0 Å². The van der Waals surface area contributed by atoms with Gasteiger partial charge in [-0.3, -0.25) is 0 Å². The third-order valence-electron chi connectivity index (χ3n) is 12.7. The predicted molar refractivity (Wildman–Crippen MR) is 543 cm³/mol. The normalized spacial score (nSPS) is 9.70. The number of halogens is 30. The molecule has 10 heterocycles. The lowest BCUT2D eigenvalue weighted by Crippen LogP contribution is -2.04. The van der Waals surface area contributed by atoms with Crippen molar-refractivity contribution in [2.24, 2.45) is 0 Å². The van der Waals surface area contributed by atoms with Gasteiger partial charge in [-0.05, 0) is 0 Å². The molecular weight excluding hydrogens is 2540 g/mol. The average Bonchev–Trinajstić information content (AvgIpc) is 0.887. The van der Waals surface area contributed by atoms with Crippen LogP contribution in [0.1, 0.15) is 105 Å². The van der Waals surface area contributed by atoms with E-state index in [4.69, 9.17) is 456 Å². The molecule has 0 amide bonds. The minimum Gasteiger partial charge on any atom is -2.00 e. The van der Waals surface area contributed by atoms with Gasteiger partial charge >= 0.3 is 59.7 Å². The molecule has 40 nitrogen and oxygen atoms in total. The van der Waals surface area contributed by atoms with E-state index in [2.05, 4.69) is 49.8 Å². The first kappa shape index (κ1) is 138. The number of pyridine rings is 10. The molecular formula is C60H30Cl30N20O20S5-10. The second-order valence-corrected chi connectivity index (χ2v) is 32.1. The zero-order valence-electron chi connectivity index (χ0n) is 62.2. The van der Waals surface area contributed by atoms with E-state index in [0.29, 0.717) is 0 Å². The van der Waals surface area contributed by atoms with E-state index in [0.717, 1.165) is 0 Å². The second kappa shape index (κ2) is 61.5. The van der Waals surface area contributed by atoms with Gasteiger partial charge in [-0.2, -0.15) is 0 Å². The SMILES string of the molecule is Nc1c(Cl)c(Cl)nc(C(=O)O)c1Cl.Nc1c(Cl)c(Cl)nc(C(=O)O)c1Cl.Nc1c(Cl)c(Cl)nc(C(=O)O)c1Cl.Nc1c(Cl)c(Cl)nc(C(=O)O)c1Cl.Nc1c(Cl)c(Cl)nc(C(=O)O)c1Cl.Nc1c(Cl)c(Cl)nc(C(=O)O)c1Cl.Nc1c(Cl)c(Cl)nc(C(=O)O)c1Cl.Nc1c(Cl)c(Cl)nc(C(=O)O)c1Cl.Nc1c(Cl)c(Cl)nc(C(=O)O)c1Cl.Nc1c(Cl)c(Cl)nc(C(=O)O)c1Cl.[S-2].[S-2].[S-2].[S-2].[S-2]. The summed E-state index contributed by atoms with van der Waals surface area (Å²) in [5.74, 6) is -13.1. The molecule has 10 aromatic heterocycles. The molecule has 740 valence electrons. The van der Waals surface area contributed by atoms with Crippen molar-refractivity contribution in [3.8, 4) is 0 Å². The molecule has 0 unspecified atom stereocenters. The summed E-state index contributed by atoms with van der Waals surface area (Å²) in [6, 6.07) is 0. The zero-order chi connectivity index (χ0) is 102. The number of rotatable bonds is 10. The van der Waals surface area contributed by atoms with Gasteiger partial charge in [-0.15, -0.1) is 0 Å². The van der Waals surface area contributed by atoms with Crippen molar-refractivity contribution in [2.45, 2.75) is 0 Å². The second-order valence-electron chi connectivity index (χ2n) is 21.0. The van der Waals surface area contributed by atoms with Gasteiger partial charge in [0.2, 0.25) is 0 Å². The molecule has 0 aromatic carbocycles. The third kappa shape index (κ3) is 37.5. The Morgan fingerprint density at radius 3 is 0.230 bits per heavy atom. The quantitative estimate of drug-likeness (QED) is 0.0565. The molecule has 0 saturated carbocycles. The van der Waals surface area contributed by atoms with E-state index in [1.54, 1.807) is 0 Å². The van der Waals surface area contributed by atoms with Crippen molar-refractivity contribution in [3.63, 3.8) is 0 Å².